The fourth-order valence-electron chi connectivity index (χ4n) is 10.4. The van der Waals surface area contributed by atoms with Crippen LogP contribution in [0.1, 0.15) is 140 Å². The Bertz CT molecular complexity index is 2780. The first-order valence-corrected chi connectivity index (χ1v) is 23.2. The second-order valence-electron chi connectivity index (χ2n) is 22.9. The Kier molecular flexibility index (Phi) is 9.77. The van der Waals surface area contributed by atoms with Crippen molar-refractivity contribution in [1.29, 1.82) is 0 Å². The van der Waals surface area contributed by atoms with Crippen molar-refractivity contribution in [1.82, 2.24) is 0 Å². The number of nitrogens with zero attached hydrogens (tertiary/aromatic N) is 1. The molecule has 63 heavy (non-hydrogen) atoms. The highest BCUT2D eigenvalue weighted by Gasteiger charge is 2.38. The number of rotatable bonds is 5. The minimum Gasteiger partial charge on any atom is -0.310 e. The van der Waals surface area contributed by atoms with E-state index >= 15 is 0 Å². The van der Waals surface area contributed by atoms with Gasteiger partial charge in [-0.2, -0.15) is 0 Å². The molecule has 0 saturated heterocycles. The summed E-state index contributed by atoms with van der Waals surface area (Å²) in [6.45, 7) is 34.9. The summed E-state index contributed by atoms with van der Waals surface area (Å²) in [7, 11) is 0. The SMILES string of the molecule is Cc1ccc(N(c2ccc(C(C)(C)C)cc2)c2cc(-c3ccc4c(c3)C(C)(C)c3cc(C(C)(C)C)ccc3-4)c(C)c(-c3ccc4c(c3)C(C)(C)c3cc(C(C)(C)C)ccc3-4)c2)cc1. The van der Waals surface area contributed by atoms with E-state index in [4.69, 9.17) is 0 Å². The maximum atomic E-state index is 2.51. The molecule has 0 atom stereocenters. The van der Waals surface area contributed by atoms with E-state index in [2.05, 4.69) is 242 Å². The maximum absolute atomic E-state index is 2.51. The predicted octanol–water partition coefficient (Wildman–Crippen LogP) is 17.6. The fraction of sp³-hybridized carbons (Fsp3) is 0.323. The smallest absolute Gasteiger partial charge is 0.0474 e. The Labute approximate surface area is 379 Å². The van der Waals surface area contributed by atoms with Gasteiger partial charge in [-0.3, -0.25) is 0 Å². The molecule has 320 valence electrons. The van der Waals surface area contributed by atoms with Crippen LogP contribution in [0.25, 0.3) is 44.5 Å². The van der Waals surface area contributed by atoms with Crippen molar-refractivity contribution in [3.05, 3.63) is 184 Å². The molecule has 0 saturated carbocycles. The molecule has 9 rings (SSSR count). The van der Waals surface area contributed by atoms with E-state index in [1.165, 1.54) is 94.6 Å². The fourth-order valence-corrected chi connectivity index (χ4v) is 10.4. The van der Waals surface area contributed by atoms with Crippen molar-refractivity contribution in [2.45, 2.75) is 131 Å². The molecular formula is C62H67N. The summed E-state index contributed by atoms with van der Waals surface area (Å²) >= 11 is 0. The quantitative estimate of drug-likeness (QED) is 0.167. The van der Waals surface area contributed by atoms with Crippen LogP contribution in [0.2, 0.25) is 0 Å². The number of anilines is 3. The average Bonchev–Trinajstić information content (AvgIpc) is 3.59. The Morgan fingerprint density at radius 2 is 0.667 bits per heavy atom. The summed E-state index contributed by atoms with van der Waals surface area (Å²) in [6.07, 6.45) is 0. The zero-order chi connectivity index (χ0) is 45.2. The lowest BCUT2D eigenvalue weighted by Gasteiger charge is -2.29. The Morgan fingerprint density at radius 1 is 0.333 bits per heavy atom. The Morgan fingerprint density at radius 3 is 1.05 bits per heavy atom. The van der Waals surface area contributed by atoms with Gasteiger partial charge in [0.2, 0.25) is 0 Å². The minimum absolute atomic E-state index is 0.0576. The van der Waals surface area contributed by atoms with Crippen molar-refractivity contribution in [3.63, 3.8) is 0 Å². The molecule has 1 nitrogen and oxygen atoms in total. The van der Waals surface area contributed by atoms with Crippen LogP contribution >= 0.6 is 0 Å². The molecule has 7 aromatic carbocycles. The lowest BCUT2D eigenvalue weighted by Crippen LogP contribution is -2.18. The van der Waals surface area contributed by atoms with Gasteiger partial charge in [-0.15, -0.1) is 0 Å². The van der Waals surface area contributed by atoms with E-state index < -0.39 is 0 Å². The Balaban J connectivity index is 1.26. The van der Waals surface area contributed by atoms with Crippen LogP contribution in [0.15, 0.2) is 133 Å². The van der Waals surface area contributed by atoms with Gasteiger partial charge in [-0.1, -0.05) is 181 Å². The molecule has 0 heterocycles. The lowest BCUT2D eigenvalue weighted by molar-refractivity contribution is 0.584. The molecule has 1 heteroatoms. The number of benzene rings is 7. The van der Waals surface area contributed by atoms with Crippen molar-refractivity contribution >= 4 is 17.1 Å². The van der Waals surface area contributed by atoms with Gasteiger partial charge in [-0.05, 0) is 168 Å². The van der Waals surface area contributed by atoms with Crippen molar-refractivity contribution < 1.29 is 0 Å². The molecule has 2 aliphatic rings. The van der Waals surface area contributed by atoms with Gasteiger partial charge in [0.15, 0.2) is 0 Å². The number of hydrogen-bond acceptors (Lipinski definition) is 1. The zero-order valence-electron chi connectivity index (χ0n) is 40.6. The van der Waals surface area contributed by atoms with Crippen molar-refractivity contribution in [3.8, 4) is 44.5 Å². The van der Waals surface area contributed by atoms with Gasteiger partial charge < -0.3 is 4.90 Å². The molecule has 2 aliphatic carbocycles. The first kappa shape index (κ1) is 42.6. The summed E-state index contributed by atoms with van der Waals surface area (Å²) in [5.41, 5.74) is 26.1. The molecule has 0 spiro atoms. The predicted molar refractivity (Wildman–Crippen MR) is 273 cm³/mol. The molecule has 0 aromatic heterocycles. The van der Waals surface area contributed by atoms with Crippen LogP contribution in [-0.4, -0.2) is 0 Å². The van der Waals surface area contributed by atoms with Crippen LogP contribution in [0, 0.1) is 13.8 Å². The van der Waals surface area contributed by atoms with Gasteiger partial charge in [0.05, 0.1) is 0 Å². The summed E-state index contributed by atoms with van der Waals surface area (Å²) < 4.78 is 0. The van der Waals surface area contributed by atoms with E-state index in [-0.39, 0.29) is 27.1 Å². The monoisotopic (exact) mass is 826 g/mol. The highest BCUT2D eigenvalue weighted by atomic mass is 15.1. The largest absolute Gasteiger partial charge is 0.310 e. The van der Waals surface area contributed by atoms with Gasteiger partial charge in [-0.25, -0.2) is 0 Å². The molecule has 0 unspecified atom stereocenters. The zero-order valence-corrected chi connectivity index (χ0v) is 40.6. The topological polar surface area (TPSA) is 3.24 Å². The molecule has 0 fully saturated rings. The molecule has 0 radical (unpaired) electrons. The van der Waals surface area contributed by atoms with Gasteiger partial charge in [0.1, 0.15) is 0 Å². The molecule has 7 aromatic rings. The lowest BCUT2D eigenvalue weighted by atomic mass is 9.78. The normalized spacial score (nSPS) is 14.8. The van der Waals surface area contributed by atoms with E-state index in [9.17, 15) is 0 Å². The molecule has 0 bridgehead atoms. The summed E-state index contributed by atoms with van der Waals surface area (Å²) in [4.78, 5) is 2.46. The third kappa shape index (κ3) is 7.17. The number of fused-ring (bicyclic) bond motifs is 6. The highest BCUT2D eigenvalue weighted by molar-refractivity contribution is 5.92. The van der Waals surface area contributed by atoms with Gasteiger partial charge in [0, 0.05) is 27.9 Å². The Hall–Kier alpha value is -5.66. The number of aryl methyl sites for hydroxylation is 1. The maximum Gasteiger partial charge on any atom is 0.0474 e. The van der Waals surface area contributed by atoms with E-state index in [1.807, 2.05) is 0 Å². The summed E-state index contributed by atoms with van der Waals surface area (Å²) in [5, 5.41) is 0. The van der Waals surface area contributed by atoms with E-state index in [0.717, 1.165) is 17.1 Å². The highest BCUT2D eigenvalue weighted by Crippen LogP contribution is 2.54. The second kappa shape index (κ2) is 14.4. The molecule has 0 aliphatic heterocycles. The summed E-state index contributed by atoms with van der Waals surface area (Å²) in [5.74, 6) is 0. The minimum atomic E-state index is -0.132. The van der Waals surface area contributed by atoms with Crippen molar-refractivity contribution in [2.24, 2.45) is 0 Å². The standard InChI is InChI=1S/C62H67N/c1-38-16-24-45(25-17-38)63(46-26-20-42(21-27-46)58(3,4)5)47-36-52(40-18-28-48-50-30-22-43(59(6,7)8)34-56(50)61(12,13)54(48)32-40)39(2)53(37-47)41-19-29-49-51-31-23-44(60(9,10)11)35-57(51)62(14,15)55(49)33-41/h16-37H,1-15H3. The van der Waals surface area contributed by atoms with E-state index in [0.29, 0.717) is 0 Å². The van der Waals surface area contributed by atoms with Gasteiger partial charge in [0.25, 0.3) is 0 Å². The van der Waals surface area contributed by atoms with Gasteiger partial charge >= 0.3 is 0 Å². The second-order valence-corrected chi connectivity index (χ2v) is 22.9. The summed E-state index contributed by atoms with van der Waals surface area (Å²) in [6, 6.07) is 52.1. The average molecular weight is 826 g/mol. The van der Waals surface area contributed by atoms with Crippen LogP contribution in [0.4, 0.5) is 17.1 Å². The van der Waals surface area contributed by atoms with Crippen LogP contribution in [0.5, 0.6) is 0 Å². The van der Waals surface area contributed by atoms with E-state index in [1.54, 1.807) is 0 Å². The molecule has 0 N–H and O–H groups in total. The first-order chi connectivity index (χ1) is 29.4. The van der Waals surface area contributed by atoms with Crippen molar-refractivity contribution in [2.75, 3.05) is 4.90 Å². The number of hydrogen-bond donors (Lipinski definition) is 0. The third-order valence-corrected chi connectivity index (χ3v) is 14.6. The first-order valence-electron chi connectivity index (χ1n) is 23.2. The molecular weight excluding hydrogens is 759 g/mol. The van der Waals surface area contributed by atoms with Crippen LogP contribution in [-0.2, 0) is 27.1 Å². The molecule has 0 amide bonds. The van der Waals surface area contributed by atoms with Crippen LogP contribution < -0.4 is 4.90 Å². The third-order valence-electron chi connectivity index (χ3n) is 14.6. The van der Waals surface area contributed by atoms with Crippen LogP contribution in [0.3, 0.4) is 0 Å².